The summed E-state index contributed by atoms with van der Waals surface area (Å²) in [4.78, 5) is 28.6. The second-order valence-corrected chi connectivity index (χ2v) is 9.56. The van der Waals surface area contributed by atoms with Gasteiger partial charge in [-0.05, 0) is 68.5 Å². The number of Topliss-reactive ketones (excluding diaryl/α,β-unsaturated/α-hetero) is 1. The fourth-order valence-electron chi connectivity index (χ4n) is 4.64. The molecule has 0 amide bonds. The molecule has 1 aromatic heterocycles. The Bertz CT molecular complexity index is 935. The third-order valence-corrected chi connectivity index (χ3v) is 6.99. The number of aromatic nitrogens is 1. The maximum absolute atomic E-state index is 12.9. The third kappa shape index (κ3) is 5.85. The SMILES string of the molecule is CC(=O)C(C)(CCc1ccc(Cl)cn1)[C@H]1NC[C@H](CC(=O)O)C[C@@H]1c1cccc(Cl)c1. The number of aryl methyl sites for hydroxylation is 1. The number of benzene rings is 1. The lowest BCUT2D eigenvalue weighted by Gasteiger charge is -2.46. The number of ketones is 1. The summed E-state index contributed by atoms with van der Waals surface area (Å²) < 4.78 is 0. The highest BCUT2D eigenvalue weighted by Crippen LogP contribution is 2.43. The maximum atomic E-state index is 12.9. The van der Waals surface area contributed by atoms with Crippen molar-refractivity contribution in [3.63, 3.8) is 0 Å². The standard InChI is InChI=1S/C24H28Cl2N2O3/c1-15(29)24(2,9-8-20-7-6-19(26)14-27-20)23-21(17-4-3-5-18(25)12-17)10-16(13-28-23)11-22(30)31/h3-7,12,14,16,21,23,28H,8-11,13H2,1-2H3,(H,30,31)/t16-,21+,23-,24?/m0/s1. The first-order valence-electron chi connectivity index (χ1n) is 10.5. The van der Waals surface area contributed by atoms with Crippen LogP contribution in [0.1, 0.15) is 50.3 Å². The molecule has 5 nitrogen and oxygen atoms in total. The molecule has 4 atom stereocenters. The van der Waals surface area contributed by atoms with Crippen molar-refractivity contribution >= 4 is 35.0 Å². The van der Waals surface area contributed by atoms with Crippen molar-refractivity contribution in [2.75, 3.05) is 6.54 Å². The molecule has 1 saturated heterocycles. The number of piperidine rings is 1. The normalized spacial score (nSPS) is 23.2. The Balaban J connectivity index is 1.90. The van der Waals surface area contributed by atoms with Crippen LogP contribution in [0.3, 0.4) is 0 Å². The molecule has 1 fully saturated rings. The lowest BCUT2D eigenvalue weighted by Crippen LogP contribution is -2.56. The van der Waals surface area contributed by atoms with Gasteiger partial charge in [-0.25, -0.2) is 0 Å². The number of carboxylic acids is 1. The molecule has 0 spiro atoms. The molecule has 166 valence electrons. The van der Waals surface area contributed by atoms with Gasteiger partial charge in [-0.3, -0.25) is 14.6 Å². The van der Waals surface area contributed by atoms with Crippen LogP contribution in [0.4, 0.5) is 0 Å². The molecule has 7 heteroatoms. The number of hydrogen-bond acceptors (Lipinski definition) is 4. The number of nitrogens with zero attached hydrogens (tertiary/aromatic N) is 1. The Morgan fingerprint density at radius 2 is 2.00 bits per heavy atom. The van der Waals surface area contributed by atoms with Crippen molar-refractivity contribution < 1.29 is 14.7 Å². The van der Waals surface area contributed by atoms with Crippen LogP contribution in [-0.4, -0.2) is 34.4 Å². The highest BCUT2D eigenvalue weighted by atomic mass is 35.5. The van der Waals surface area contributed by atoms with Crippen LogP contribution in [0.25, 0.3) is 0 Å². The highest BCUT2D eigenvalue weighted by molar-refractivity contribution is 6.30. The van der Waals surface area contributed by atoms with E-state index in [1.807, 2.05) is 37.3 Å². The number of rotatable bonds is 8. The second kappa shape index (κ2) is 10.1. The number of carboxylic acid groups (broad SMARTS) is 1. The van der Waals surface area contributed by atoms with Crippen molar-refractivity contribution in [1.29, 1.82) is 0 Å². The number of pyridine rings is 1. The van der Waals surface area contributed by atoms with Gasteiger partial charge in [-0.15, -0.1) is 0 Å². The Hall–Kier alpha value is -1.95. The first-order chi connectivity index (χ1) is 14.7. The molecule has 1 unspecified atom stereocenters. The van der Waals surface area contributed by atoms with Crippen LogP contribution < -0.4 is 5.32 Å². The van der Waals surface area contributed by atoms with Crippen LogP contribution in [0, 0.1) is 11.3 Å². The molecule has 0 radical (unpaired) electrons. The minimum Gasteiger partial charge on any atom is -0.481 e. The predicted octanol–water partition coefficient (Wildman–Crippen LogP) is 5.15. The fraction of sp³-hybridized carbons (Fsp3) is 0.458. The zero-order chi connectivity index (χ0) is 22.6. The zero-order valence-corrected chi connectivity index (χ0v) is 19.3. The van der Waals surface area contributed by atoms with E-state index >= 15 is 0 Å². The molecule has 0 saturated carbocycles. The van der Waals surface area contributed by atoms with E-state index < -0.39 is 11.4 Å². The van der Waals surface area contributed by atoms with Crippen molar-refractivity contribution in [2.24, 2.45) is 11.3 Å². The van der Waals surface area contributed by atoms with E-state index in [0.717, 1.165) is 11.3 Å². The fourth-order valence-corrected chi connectivity index (χ4v) is 4.96. The largest absolute Gasteiger partial charge is 0.481 e. The van der Waals surface area contributed by atoms with Crippen molar-refractivity contribution in [3.8, 4) is 0 Å². The molecule has 2 heterocycles. The van der Waals surface area contributed by atoms with Crippen LogP contribution in [-0.2, 0) is 16.0 Å². The van der Waals surface area contributed by atoms with Gasteiger partial charge in [-0.1, -0.05) is 42.3 Å². The Kier molecular flexibility index (Phi) is 7.73. The van der Waals surface area contributed by atoms with E-state index in [9.17, 15) is 14.7 Å². The average Bonchev–Trinajstić information content (AvgIpc) is 2.72. The molecule has 2 N–H and O–H groups in total. The Morgan fingerprint density at radius 3 is 2.61 bits per heavy atom. The van der Waals surface area contributed by atoms with Crippen molar-refractivity contribution in [1.82, 2.24) is 10.3 Å². The minimum atomic E-state index is -0.807. The van der Waals surface area contributed by atoms with Gasteiger partial charge < -0.3 is 10.4 Å². The molecular formula is C24H28Cl2N2O3. The number of hydrogen-bond donors (Lipinski definition) is 2. The topological polar surface area (TPSA) is 79.3 Å². The summed E-state index contributed by atoms with van der Waals surface area (Å²) in [5.74, 6) is -0.739. The first-order valence-corrected chi connectivity index (χ1v) is 11.3. The van der Waals surface area contributed by atoms with Gasteiger partial charge in [0.15, 0.2) is 0 Å². The zero-order valence-electron chi connectivity index (χ0n) is 17.8. The molecule has 31 heavy (non-hydrogen) atoms. The number of nitrogens with one attached hydrogen (secondary N) is 1. The highest BCUT2D eigenvalue weighted by Gasteiger charge is 2.46. The summed E-state index contributed by atoms with van der Waals surface area (Å²) in [6.07, 6.45) is 3.67. The molecule has 0 bridgehead atoms. The quantitative estimate of drug-likeness (QED) is 0.566. The molecule has 1 aromatic carbocycles. The summed E-state index contributed by atoms with van der Waals surface area (Å²) in [6, 6.07) is 11.2. The summed E-state index contributed by atoms with van der Waals surface area (Å²) in [5.41, 5.74) is 1.26. The van der Waals surface area contributed by atoms with Crippen LogP contribution in [0.2, 0.25) is 10.0 Å². The van der Waals surface area contributed by atoms with E-state index in [1.165, 1.54) is 0 Å². The maximum Gasteiger partial charge on any atom is 0.303 e. The number of aliphatic carboxylic acids is 1. The van der Waals surface area contributed by atoms with Gasteiger partial charge in [0.2, 0.25) is 0 Å². The van der Waals surface area contributed by atoms with Crippen LogP contribution in [0.5, 0.6) is 0 Å². The summed E-state index contributed by atoms with van der Waals surface area (Å²) in [6.45, 7) is 4.20. The van der Waals surface area contributed by atoms with Gasteiger partial charge in [0.05, 0.1) is 5.02 Å². The predicted molar refractivity (Wildman–Crippen MR) is 123 cm³/mol. The summed E-state index contributed by atoms with van der Waals surface area (Å²) in [5, 5.41) is 14.0. The smallest absolute Gasteiger partial charge is 0.303 e. The molecule has 2 aromatic rings. The van der Waals surface area contributed by atoms with Crippen molar-refractivity contribution in [3.05, 3.63) is 63.9 Å². The minimum absolute atomic E-state index is 0.00753. The van der Waals surface area contributed by atoms with E-state index in [1.54, 1.807) is 19.2 Å². The monoisotopic (exact) mass is 462 g/mol. The van der Waals surface area contributed by atoms with Gasteiger partial charge in [0, 0.05) is 40.7 Å². The van der Waals surface area contributed by atoms with E-state index in [-0.39, 0.29) is 30.1 Å². The third-order valence-electron chi connectivity index (χ3n) is 6.54. The second-order valence-electron chi connectivity index (χ2n) is 8.69. The van der Waals surface area contributed by atoms with Crippen LogP contribution >= 0.6 is 23.2 Å². The number of carbonyl (C=O) groups excluding carboxylic acids is 1. The van der Waals surface area contributed by atoms with Gasteiger partial charge in [0.1, 0.15) is 5.78 Å². The summed E-state index contributed by atoms with van der Waals surface area (Å²) >= 11 is 12.2. The van der Waals surface area contributed by atoms with Gasteiger partial charge >= 0.3 is 5.97 Å². The molecule has 0 aliphatic carbocycles. The van der Waals surface area contributed by atoms with Gasteiger partial charge in [-0.2, -0.15) is 0 Å². The Labute approximate surface area is 193 Å². The lowest BCUT2D eigenvalue weighted by molar-refractivity contribution is -0.139. The Morgan fingerprint density at radius 1 is 1.23 bits per heavy atom. The molecule has 3 rings (SSSR count). The van der Waals surface area contributed by atoms with Crippen LogP contribution in [0.15, 0.2) is 42.6 Å². The van der Waals surface area contributed by atoms with E-state index in [4.69, 9.17) is 23.2 Å². The number of carbonyl (C=O) groups is 2. The van der Waals surface area contributed by atoms with E-state index in [0.29, 0.717) is 35.9 Å². The molecular weight excluding hydrogens is 435 g/mol. The lowest BCUT2D eigenvalue weighted by atomic mass is 9.65. The average molecular weight is 463 g/mol. The molecule has 1 aliphatic heterocycles. The van der Waals surface area contributed by atoms with Gasteiger partial charge in [0.25, 0.3) is 0 Å². The molecule has 1 aliphatic rings. The van der Waals surface area contributed by atoms with E-state index in [2.05, 4.69) is 10.3 Å². The first kappa shape index (κ1) is 23.7. The number of halogens is 2. The van der Waals surface area contributed by atoms with Crippen molar-refractivity contribution in [2.45, 2.75) is 51.5 Å². The summed E-state index contributed by atoms with van der Waals surface area (Å²) in [7, 11) is 0.